The van der Waals surface area contributed by atoms with Gasteiger partial charge < -0.3 is 5.32 Å². The van der Waals surface area contributed by atoms with Gasteiger partial charge in [-0.2, -0.15) is 0 Å². The molecule has 1 atom stereocenters. The maximum absolute atomic E-state index is 12.6. The van der Waals surface area contributed by atoms with Crippen molar-refractivity contribution in [1.29, 1.82) is 0 Å². The van der Waals surface area contributed by atoms with Crippen LogP contribution in [0.5, 0.6) is 0 Å². The summed E-state index contributed by atoms with van der Waals surface area (Å²) in [5.74, 6) is 0. The zero-order chi connectivity index (χ0) is 13.2. The van der Waals surface area contributed by atoms with Crippen LogP contribution in [0.4, 0.5) is 0 Å². The van der Waals surface area contributed by atoms with Gasteiger partial charge in [-0.15, -0.1) is 0 Å². The van der Waals surface area contributed by atoms with Gasteiger partial charge in [0, 0.05) is 6.54 Å². The topological polar surface area (TPSA) is 46.9 Å². The lowest BCUT2D eigenvalue weighted by molar-refractivity contribution is 0.447. The van der Waals surface area contributed by atoms with Crippen LogP contribution in [0.15, 0.2) is 29.3 Å². The van der Waals surface area contributed by atoms with Crippen molar-refractivity contribution in [2.45, 2.75) is 25.3 Å². The molecule has 1 aromatic heterocycles. The van der Waals surface area contributed by atoms with E-state index in [0.717, 1.165) is 32.4 Å². The van der Waals surface area contributed by atoms with E-state index in [1.165, 1.54) is 0 Å². The standard InChI is InChI=1S/C14H16ClN3O/c15-11-5-3-6-12-13(11)14(19)18(9-17-12)10-4-1-2-7-16-8-10/h3,5-6,9-10,16H,1-2,4,7-8H2. The second-order valence-electron chi connectivity index (χ2n) is 4.94. The van der Waals surface area contributed by atoms with E-state index in [0.29, 0.717) is 15.9 Å². The van der Waals surface area contributed by atoms with Crippen molar-refractivity contribution in [3.8, 4) is 0 Å². The van der Waals surface area contributed by atoms with Crippen LogP contribution < -0.4 is 10.9 Å². The van der Waals surface area contributed by atoms with E-state index >= 15 is 0 Å². The monoisotopic (exact) mass is 277 g/mol. The highest BCUT2D eigenvalue weighted by atomic mass is 35.5. The van der Waals surface area contributed by atoms with E-state index in [4.69, 9.17) is 11.6 Å². The first-order valence-electron chi connectivity index (χ1n) is 6.63. The van der Waals surface area contributed by atoms with Crippen molar-refractivity contribution < 1.29 is 0 Å². The SMILES string of the molecule is O=c1c2c(Cl)cccc2ncn1C1CCCCNC1. The fourth-order valence-electron chi connectivity index (χ4n) is 2.64. The van der Waals surface area contributed by atoms with Crippen LogP contribution >= 0.6 is 11.6 Å². The summed E-state index contributed by atoms with van der Waals surface area (Å²) < 4.78 is 1.73. The zero-order valence-corrected chi connectivity index (χ0v) is 11.4. The van der Waals surface area contributed by atoms with Crippen LogP contribution in [-0.2, 0) is 0 Å². The zero-order valence-electron chi connectivity index (χ0n) is 10.6. The molecule has 0 aliphatic carbocycles. The van der Waals surface area contributed by atoms with Gasteiger partial charge in [-0.1, -0.05) is 24.1 Å². The quantitative estimate of drug-likeness (QED) is 0.870. The molecular weight excluding hydrogens is 262 g/mol. The molecule has 1 aliphatic heterocycles. The van der Waals surface area contributed by atoms with Gasteiger partial charge in [-0.25, -0.2) is 4.98 Å². The molecule has 1 aliphatic rings. The number of rotatable bonds is 1. The van der Waals surface area contributed by atoms with Gasteiger partial charge in [-0.3, -0.25) is 9.36 Å². The summed E-state index contributed by atoms with van der Waals surface area (Å²) in [7, 11) is 0. The second kappa shape index (κ2) is 5.31. The fourth-order valence-corrected chi connectivity index (χ4v) is 2.89. The first kappa shape index (κ1) is 12.6. The lowest BCUT2D eigenvalue weighted by Gasteiger charge is -2.17. The Morgan fingerprint density at radius 3 is 3.16 bits per heavy atom. The molecule has 3 rings (SSSR count). The van der Waals surface area contributed by atoms with Crippen molar-refractivity contribution in [2.75, 3.05) is 13.1 Å². The molecular formula is C14H16ClN3O. The molecule has 0 radical (unpaired) electrons. The third kappa shape index (κ3) is 2.38. The predicted octanol–water partition coefficient (Wildman–Crippen LogP) is 2.36. The Labute approximate surface area is 116 Å². The molecule has 0 amide bonds. The maximum atomic E-state index is 12.6. The first-order valence-corrected chi connectivity index (χ1v) is 7.01. The molecule has 100 valence electrons. The minimum Gasteiger partial charge on any atom is -0.315 e. The maximum Gasteiger partial charge on any atom is 0.263 e. The van der Waals surface area contributed by atoms with E-state index < -0.39 is 0 Å². The molecule has 0 saturated carbocycles. The number of benzene rings is 1. The van der Waals surface area contributed by atoms with Crippen LogP contribution in [0.3, 0.4) is 0 Å². The molecule has 1 fully saturated rings. The average molecular weight is 278 g/mol. The van der Waals surface area contributed by atoms with Crippen LogP contribution in [0.2, 0.25) is 5.02 Å². The summed E-state index contributed by atoms with van der Waals surface area (Å²) in [5.41, 5.74) is 0.625. The highest BCUT2D eigenvalue weighted by Gasteiger charge is 2.17. The van der Waals surface area contributed by atoms with Crippen molar-refractivity contribution in [1.82, 2.24) is 14.9 Å². The van der Waals surface area contributed by atoms with Crippen LogP contribution in [0, 0.1) is 0 Å². The largest absolute Gasteiger partial charge is 0.315 e. The van der Waals surface area contributed by atoms with Gasteiger partial charge in [0.1, 0.15) is 0 Å². The highest BCUT2D eigenvalue weighted by Crippen LogP contribution is 2.20. The van der Waals surface area contributed by atoms with Gasteiger partial charge >= 0.3 is 0 Å². The van der Waals surface area contributed by atoms with E-state index in [9.17, 15) is 4.79 Å². The smallest absolute Gasteiger partial charge is 0.263 e. The third-order valence-corrected chi connectivity index (χ3v) is 3.99. The van der Waals surface area contributed by atoms with E-state index in [-0.39, 0.29) is 11.6 Å². The molecule has 2 heterocycles. The molecule has 1 N–H and O–H groups in total. The lowest BCUT2D eigenvalue weighted by atomic mass is 10.1. The van der Waals surface area contributed by atoms with E-state index in [1.807, 2.05) is 12.1 Å². The molecule has 1 aromatic carbocycles. The number of fused-ring (bicyclic) bond motifs is 1. The molecule has 2 aromatic rings. The van der Waals surface area contributed by atoms with Crippen LogP contribution in [0.1, 0.15) is 25.3 Å². The Morgan fingerprint density at radius 1 is 1.37 bits per heavy atom. The van der Waals surface area contributed by atoms with Crippen LogP contribution in [0.25, 0.3) is 10.9 Å². The average Bonchev–Trinajstić information content (AvgIpc) is 2.68. The normalized spacial score (nSPS) is 20.4. The highest BCUT2D eigenvalue weighted by molar-refractivity contribution is 6.35. The minimum absolute atomic E-state index is 0.0377. The van der Waals surface area contributed by atoms with Gasteiger partial charge in [0.15, 0.2) is 0 Å². The second-order valence-corrected chi connectivity index (χ2v) is 5.35. The van der Waals surface area contributed by atoms with Crippen molar-refractivity contribution in [3.05, 3.63) is 39.9 Å². The van der Waals surface area contributed by atoms with Crippen molar-refractivity contribution in [3.63, 3.8) is 0 Å². The fraction of sp³-hybridized carbons (Fsp3) is 0.429. The summed E-state index contributed by atoms with van der Waals surface area (Å²) in [6, 6.07) is 5.54. The summed E-state index contributed by atoms with van der Waals surface area (Å²) in [4.78, 5) is 16.9. The molecule has 5 heteroatoms. The Morgan fingerprint density at radius 2 is 2.26 bits per heavy atom. The van der Waals surface area contributed by atoms with E-state index in [2.05, 4.69) is 10.3 Å². The summed E-state index contributed by atoms with van der Waals surface area (Å²) in [6.07, 6.45) is 4.95. The van der Waals surface area contributed by atoms with E-state index in [1.54, 1.807) is 17.0 Å². The molecule has 19 heavy (non-hydrogen) atoms. The molecule has 0 bridgehead atoms. The number of aromatic nitrogens is 2. The number of hydrogen-bond acceptors (Lipinski definition) is 3. The molecule has 1 unspecified atom stereocenters. The van der Waals surface area contributed by atoms with Crippen molar-refractivity contribution in [2.24, 2.45) is 0 Å². The summed E-state index contributed by atoms with van der Waals surface area (Å²) in [5, 5.41) is 4.37. The Bertz CT molecular complexity index is 645. The summed E-state index contributed by atoms with van der Waals surface area (Å²) >= 11 is 6.14. The van der Waals surface area contributed by atoms with Gasteiger partial charge in [0.25, 0.3) is 5.56 Å². The molecule has 0 spiro atoms. The molecule has 4 nitrogen and oxygen atoms in total. The number of nitrogens with one attached hydrogen (secondary N) is 1. The molecule has 1 saturated heterocycles. The predicted molar refractivity (Wildman–Crippen MR) is 76.8 cm³/mol. The third-order valence-electron chi connectivity index (χ3n) is 3.68. The van der Waals surface area contributed by atoms with Crippen molar-refractivity contribution >= 4 is 22.5 Å². The Hall–Kier alpha value is -1.39. The summed E-state index contributed by atoms with van der Waals surface area (Å²) in [6.45, 7) is 1.84. The lowest BCUT2D eigenvalue weighted by Crippen LogP contribution is -2.31. The number of hydrogen-bond donors (Lipinski definition) is 1. The Kier molecular flexibility index (Phi) is 3.53. The Balaban J connectivity index is 2.11. The number of halogens is 1. The van der Waals surface area contributed by atoms with Gasteiger partial charge in [-0.05, 0) is 31.5 Å². The first-order chi connectivity index (χ1) is 9.27. The minimum atomic E-state index is -0.0377. The number of nitrogens with zero attached hydrogens (tertiary/aromatic N) is 2. The van der Waals surface area contributed by atoms with Gasteiger partial charge in [0.05, 0.1) is 28.3 Å². The van der Waals surface area contributed by atoms with Gasteiger partial charge in [0.2, 0.25) is 0 Å². The van der Waals surface area contributed by atoms with Crippen LogP contribution in [-0.4, -0.2) is 22.6 Å².